The molecule has 0 radical (unpaired) electrons. The first kappa shape index (κ1) is 27.8. The molecule has 1 saturated carbocycles. The van der Waals surface area contributed by atoms with Crippen molar-refractivity contribution in [3.8, 4) is 11.1 Å². The third kappa shape index (κ3) is 6.25. The van der Waals surface area contributed by atoms with Crippen molar-refractivity contribution in [2.45, 2.75) is 44.3 Å². The lowest BCUT2D eigenvalue weighted by molar-refractivity contribution is -0.153. The number of halogens is 4. The molecule has 4 rings (SSSR count). The Morgan fingerprint density at radius 2 is 1.76 bits per heavy atom. The third-order valence-electron chi connectivity index (χ3n) is 6.86. The Morgan fingerprint density at radius 1 is 1.14 bits per heavy atom. The van der Waals surface area contributed by atoms with E-state index < -0.39 is 30.7 Å². The summed E-state index contributed by atoms with van der Waals surface area (Å²) in [6.45, 7) is -1.87. The van der Waals surface area contributed by atoms with Gasteiger partial charge in [-0.05, 0) is 90.8 Å². The van der Waals surface area contributed by atoms with E-state index in [2.05, 4.69) is 5.32 Å². The van der Waals surface area contributed by atoms with Gasteiger partial charge in [-0.25, -0.2) is 4.39 Å². The number of aliphatic hydroxyl groups is 1. The fourth-order valence-corrected chi connectivity index (χ4v) is 6.27. The molecule has 1 heterocycles. The van der Waals surface area contributed by atoms with E-state index in [1.54, 1.807) is 18.2 Å². The van der Waals surface area contributed by atoms with Crippen LogP contribution in [0.4, 0.5) is 17.6 Å². The average molecular weight is 558 g/mol. The number of amides is 1. The summed E-state index contributed by atoms with van der Waals surface area (Å²) >= 11 is 5.35. The smallest absolute Gasteiger partial charge is 0.412 e. The van der Waals surface area contributed by atoms with E-state index in [9.17, 15) is 27.5 Å². The van der Waals surface area contributed by atoms with E-state index in [-0.39, 0.29) is 29.7 Å². The minimum Gasteiger partial charge on any atom is -0.445 e. The van der Waals surface area contributed by atoms with E-state index in [1.165, 1.54) is 18.8 Å². The lowest BCUT2D eigenvalue weighted by Gasteiger charge is -2.39. The number of hydrogen-bond acceptors (Lipinski definition) is 5. The topological polar surface area (TPSA) is 67.8 Å². The largest absolute Gasteiger partial charge is 0.445 e. The first-order valence-corrected chi connectivity index (χ1v) is 14.9. The first-order valence-electron chi connectivity index (χ1n) is 11.9. The molecule has 1 unspecified atom stereocenters. The maximum Gasteiger partial charge on any atom is 0.412 e. The molecule has 37 heavy (non-hydrogen) atoms. The Hall–Kier alpha value is -2.26. The summed E-state index contributed by atoms with van der Waals surface area (Å²) in [6.07, 6.45) is -2.51. The minimum absolute atomic E-state index is 0.00998. The monoisotopic (exact) mass is 557 g/mol. The second-order valence-electron chi connectivity index (χ2n) is 9.65. The number of hydrogen-bond donors (Lipinski definition) is 2. The standard InChI is InChI=1S/C26H28F4NO4PS/c1-16-3-4-19(18-5-7-20(27)8-6-18)13-21(16)22-23(35-36(2,37)34-15-26(28,29)30)25(31-24(22)33)11-9-17(14-32)10-12-25/h3-8,13,17,32H,9-12,14-15H2,1-2H3,(H,31,33)/t17-,25+,36?. The fraction of sp³-hybridized carbons (Fsp3) is 0.423. The molecule has 5 nitrogen and oxygen atoms in total. The van der Waals surface area contributed by atoms with Crippen LogP contribution in [0.5, 0.6) is 0 Å². The molecule has 1 amide bonds. The van der Waals surface area contributed by atoms with Gasteiger partial charge in [0.2, 0.25) is 6.49 Å². The van der Waals surface area contributed by atoms with Crippen molar-refractivity contribution in [1.82, 2.24) is 5.32 Å². The maximum absolute atomic E-state index is 13.5. The van der Waals surface area contributed by atoms with Gasteiger partial charge in [-0.1, -0.05) is 24.3 Å². The zero-order chi connectivity index (χ0) is 27.0. The number of carbonyl (C=O) groups is 1. The summed E-state index contributed by atoms with van der Waals surface area (Å²) in [6, 6.07) is 11.4. The normalized spacial score (nSPS) is 23.8. The quantitative estimate of drug-likeness (QED) is 0.318. The zero-order valence-corrected chi connectivity index (χ0v) is 22.1. The van der Waals surface area contributed by atoms with Crippen molar-refractivity contribution >= 4 is 29.8 Å². The second-order valence-corrected chi connectivity index (χ2v) is 13.6. The van der Waals surface area contributed by atoms with Crippen LogP contribution in [0.3, 0.4) is 0 Å². The molecule has 1 atom stereocenters. The molecule has 2 N–H and O–H groups in total. The number of carbonyl (C=O) groups excluding carboxylic acids is 1. The molecular weight excluding hydrogens is 529 g/mol. The summed E-state index contributed by atoms with van der Waals surface area (Å²) in [4.78, 5) is 13.5. The van der Waals surface area contributed by atoms with Crippen molar-refractivity contribution in [1.29, 1.82) is 0 Å². The zero-order valence-electron chi connectivity index (χ0n) is 20.4. The molecule has 11 heteroatoms. The van der Waals surface area contributed by atoms with Crippen LogP contribution < -0.4 is 5.32 Å². The van der Waals surface area contributed by atoms with Crippen LogP contribution in [0.15, 0.2) is 48.2 Å². The highest BCUT2D eigenvalue weighted by Crippen LogP contribution is 2.55. The van der Waals surface area contributed by atoms with Crippen LogP contribution in [0, 0.1) is 18.7 Å². The van der Waals surface area contributed by atoms with Crippen LogP contribution >= 0.6 is 6.49 Å². The molecule has 2 aliphatic rings. The summed E-state index contributed by atoms with van der Waals surface area (Å²) < 4.78 is 63.2. The van der Waals surface area contributed by atoms with Crippen molar-refractivity contribution in [3.05, 3.63) is 65.2 Å². The van der Waals surface area contributed by atoms with Crippen LogP contribution in [0.2, 0.25) is 0 Å². The summed E-state index contributed by atoms with van der Waals surface area (Å²) in [5, 5.41) is 12.6. The Labute approximate surface area is 218 Å². The number of aliphatic hydroxyl groups excluding tert-OH is 1. The van der Waals surface area contributed by atoms with Crippen molar-refractivity contribution < 1.29 is 36.5 Å². The number of alkyl halides is 3. The van der Waals surface area contributed by atoms with Gasteiger partial charge in [0.25, 0.3) is 5.91 Å². The Balaban J connectivity index is 1.81. The van der Waals surface area contributed by atoms with E-state index in [0.29, 0.717) is 31.2 Å². The highest BCUT2D eigenvalue weighted by Gasteiger charge is 2.50. The lowest BCUT2D eigenvalue weighted by atomic mass is 9.76. The van der Waals surface area contributed by atoms with Gasteiger partial charge in [-0.3, -0.25) is 4.79 Å². The summed E-state index contributed by atoms with van der Waals surface area (Å²) in [5.41, 5.74) is 2.00. The first-order chi connectivity index (χ1) is 17.3. The van der Waals surface area contributed by atoms with E-state index in [1.807, 2.05) is 19.1 Å². The molecule has 2 aromatic rings. The fourth-order valence-electron chi connectivity index (χ4n) is 4.86. The molecule has 1 aliphatic heterocycles. The molecule has 0 aromatic heterocycles. The Morgan fingerprint density at radius 3 is 2.35 bits per heavy atom. The van der Waals surface area contributed by atoms with Crippen molar-refractivity contribution in [3.63, 3.8) is 0 Å². The van der Waals surface area contributed by atoms with Gasteiger partial charge in [0, 0.05) is 13.3 Å². The number of nitrogens with one attached hydrogen (secondary N) is 1. The Kier molecular flexibility index (Phi) is 7.87. The van der Waals surface area contributed by atoms with Gasteiger partial charge in [0.1, 0.15) is 11.6 Å². The van der Waals surface area contributed by atoms with Gasteiger partial charge in [0.15, 0.2) is 6.61 Å². The minimum atomic E-state index is -4.58. The number of benzene rings is 2. The van der Waals surface area contributed by atoms with Crippen molar-refractivity contribution in [2.75, 3.05) is 19.9 Å². The van der Waals surface area contributed by atoms with Gasteiger partial charge in [-0.2, -0.15) is 13.2 Å². The van der Waals surface area contributed by atoms with E-state index in [0.717, 1.165) is 16.7 Å². The molecule has 2 aromatic carbocycles. The van der Waals surface area contributed by atoms with Crippen LogP contribution in [-0.4, -0.2) is 42.6 Å². The average Bonchev–Trinajstić information content (AvgIpc) is 3.08. The van der Waals surface area contributed by atoms with Crippen molar-refractivity contribution in [2.24, 2.45) is 5.92 Å². The third-order valence-corrected chi connectivity index (χ3v) is 8.51. The van der Waals surface area contributed by atoms with Crippen LogP contribution in [-0.2, 0) is 25.6 Å². The van der Waals surface area contributed by atoms with E-state index in [4.69, 9.17) is 20.9 Å². The predicted molar refractivity (Wildman–Crippen MR) is 137 cm³/mol. The van der Waals surface area contributed by atoms with Gasteiger partial charge >= 0.3 is 6.18 Å². The highest BCUT2D eigenvalue weighted by molar-refractivity contribution is 8.09. The van der Waals surface area contributed by atoms with Crippen LogP contribution in [0.25, 0.3) is 16.7 Å². The highest BCUT2D eigenvalue weighted by atomic mass is 32.5. The number of rotatable bonds is 7. The lowest BCUT2D eigenvalue weighted by Crippen LogP contribution is -2.48. The molecule has 0 saturated heterocycles. The number of aryl methyl sites for hydroxylation is 1. The Bertz CT molecular complexity index is 1250. The molecule has 1 aliphatic carbocycles. The van der Waals surface area contributed by atoms with Crippen LogP contribution in [0.1, 0.15) is 36.8 Å². The second kappa shape index (κ2) is 10.5. The summed E-state index contributed by atoms with van der Waals surface area (Å²) in [5.74, 6) is -0.538. The summed E-state index contributed by atoms with van der Waals surface area (Å²) in [7, 11) is 0. The molecular formula is C26H28F4NO4PS. The predicted octanol–water partition coefficient (Wildman–Crippen LogP) is 6.10. The molecule has 200 valence electrons. The molecule has 1 spiro atoms. The van der Waals surface area contributed by atoms with Gasteiger partial charge in [0.05, 0.1) is 11.1 Å². The SMILES string of the molecule is Cc1ccc(-c2ccc(F)cc2)cc1C1=C(OP(C)(=S)OCC(F)(F)F)[C@]2(CC[C@H](CO)CC2)NC1=O. The maximum atomic E-state index is 13.5. The van der Waals surface area contributed by atoms with E-state index >= 15 is 0 Å². The van der Waals surface area contributed by atoms with Gasteiger partial charge in [-0.15, -0.1) is 0 Å². The van der Waals surface area contributed by atoms with Gasteiger partial charge < -0.3 is 19.5 Å². The molecule has 1 fully saturated rings. The molecule has 0 bridgehead atoms.